The van der Waals surface area contributed by atoms with E-state index in [0.29, 0.717) is 24.3 Å². The summed E-state index contributed by atoms with van der Waals surface area (Å²) in [4.78, 5) is 26.1. The SMILES string of the molecule is CCC1(CC)Oc2ccc(O)cc2N(C(C(=O)O)C(C)C)C1=O. The predicted octanol–water partition coefficient (Wildman–Crippen LogP) is 2.79. The van der Waals surface area contributed by atoms with Crippen molar-refractivity contribution in [3.8, 4) is 11.5 Å². The van der Waals surface area contributed by atoms with E-state index in [4.69, 9.17) is 4.74 Å². The summed E-state index contributed by atoms with van der Waals surface area (Å²) < 4.78 is 5.93. The topological polar surface area (TPSA) is 87.1 Å². The van der Waals surface area contributed by atoms with Crippen LogP contribution in [0.25, 0.3) is 0 Å². The highest BCUT2D eigenvalue weighted by atomic mass is 16.5. The first kappa shape index (κ1) is 17.1. The summed E-state index contributed by atoms with van der Waals surface area (Å²) in [6, 6.07) is 3.39. The van der Waals surface area contributed by atoms with Crippen LogP contribution < -0.4 is 9.64 Å². The second-order valence-electron chi connectivity index (χ2n) is 6.16. The average molecular weight is 321 g/mol. The lowest BCUT2D eigenvalue weighted by atomic mass is 9.90. The first-order chi connectivity index (χ1) is 10.8. The summed E-state index contributed by atoms with van der Waals surface area (Å²) in [6.07, 6.45) is 0.868. The number of aromatic hydroxyl groups is 1. The third-order valence-electron chi connectivity index (χ3n) is 4.42. The van der Waals surface area contributed by atoms with Crippen molar-refractivity contribution in [2.75, 3.05) is 4.90 Å². The third kappa shape index (κ3) is 2.73. The quantitative estimate of drug-likeness (QED) is 0.871. The molecule has 0 bridgehead atoms. The summed E-state index contributed by atoms with van der Waals surface area (Å²) in [5.74, 6) is -1.37. The van der Waals surface area contributed by atoms with Gasteiger partial charge in [0, 0.05) is 6.07 Å². The Balaban J connectivity index is 2.68. The number of nitrogens with zero attached hydrogens (tertiary/aromatic N) is 1. The molecule has 1 amide bonds. The minimum absolute atomic E-state index is 0.0430. The van der Waals surface area contributed by atoms with Crippen LogP contribution in [0.1, 0.15) is 40.5 Å². The molecule has 1 aliphatic rings. The van der Waals surface area contributed by atoms with Gasteiger partial charge in [0.2, 0.25) is 0 Å². The maximum atomic E-state index is 13.1. The molecule has 1 heterocycles. The predicted molar refractivity (Wildman–Crippen MR) is 85.8 cm³/mol. The number of fused-ring (bicyclic) bond motifs is 1. The molecule has 0 saturated carbocycles. The van der Waals surface area contributed by atoms with Crippen molar-refractivity contribution < 1.29 is 24.5 Å². The summed E-state index contributed by atoms with van der Waals surface area (Å²) in [6.45, 7) is 7.19. The molecule has 0 radical (unpaired) electrons. The lowest BCUT2D eigenvalue weighted by Gasteiger charge is -2.44. The maximum absolute atomic E-state index is 13.1. The standard InChI is InChI=1S/C17H23NO5/c1-5-17(6-2)16(22)18(14(10(3)4)15(20)21)12-9-11(19)7-8-13(12)23-17/h7-10,14,19H,5-6H2,1-4H3,(H,20,21). The fraction of sp³-hybridized carbons (Fsp3) is 0.529. The Labute approximate surface area is 135 Å². The summed E-state index contributed by atoms with van der Waals surface area (Å²) in [5, 5.41) is 19.4. The van der Waals surface area contributed by atoms with Crippen LogP contribution in [-0.2, 0) is 9.59 Å². The van der Waals surface area contributed by atoms with Gasteiger partial charge in [-0.3, -0.25) is 9.69 Å². The Hall–Kier alpha value is -2.24. The van der Waals surface area contributed by atoms with Gasteiger partial charge in [-0.25, -0.2) is 4.79 Å². The number of amides is 1. The highest BCUT2D eigenvalue weighted by molar-refractivity contribution is 6.06. The molecule has 0 aromatic heterocycles. The number of ether oxygens (including phenoxy) is 1. The number of benzene rings is 1. The van der Waals surface area contributed by atoms with Crippen LogP contribution in [0.15, 0.2) is 18.2 Å². The van der Waals surface area contributed by atoms with Crippen molar-refractivity contribution in [3.05, 3.63) is 18.2 Å². The average Bonchev–Trinajstić information content (AvgIpc) is 2.49. The molecule has 23 heavy (non-hydrogen) atoms. The number of carboxylic acids is 1. The van der Waals surface area contributed by atoms with E-state index in [1.807, 2.05) is 13.8 Å². The van der Waals surface area contributed by atoms with E-state index in [1.165, 1.54) is 17.0 Å². The van der Waals surface area contributed by atoms with Crippen LogP contribution in [0.3, 0.4) is 0 Å². The first-order valence-electron chi connectivity index (χ1n) is 7.86. The molecule has 1 aromatic carbocycles. The lowest BCUT2D eigenvalue weighted by molar-refractivity contribution is -0.145. The van der Waals surface area contributed by atoms with Crippen molar-refractivity contribution in [1.82, 2.24) is 0 Å². The minimum Gasteiger partial charge on any atom is -0.508 e. The fourth-order valence-corrected chi connectivity index (χ4v) is 3.03. The zero-order valence-corrected chi connectivity index (χ0v) is 13.9. The van der Waals surface area contributed by atoms with Crippen LogP contribution in [0.5, 0.6) is 11.5 Å². The van der Waals surface area contributed by atoms with E-state index in [1.54, 1.807) is 19.9 Å². The number of carbonyl (C=O) groups is 2. The van der Waals surface area contributed by atoms with Crippen LogP contribution in [0.2, 0.25) is 0 Å². The van der Waals surface area contributed by atoms with E-state index in [-0.39, 0.29) is 17.6 Å². The molecule has 2 N–H and O–H groups in total. The highest BCUT2D eigenvalue weighted by Gasteiger charge is 2.50. The van der Waals surface area contributed by atoms with Gasteiger partial charge in [-0.2, -0.15) is 0 Å². The van der Waals surface area contributed by atoms with Crippen molar-refractivity contribution in [1.29, 1.82) is 0 Å². The zero-order valence-electron chi connectivity index (χ0n) is 13.9. The van der Waals surface area contributed by atoms with Gasteiger partial charge in [0.25, 0.3) is 5.91 Å². The molecule has 0 aliphatic carbocycles. The van der Waals surface area contributed by atoms with Gasteiger partial charge in [0.1, 0.15) is 17.5 Å². The van der Waals surface area contributed by atoms with Crippen LogP contribution in [0.4, 0.5) is 5.69 Å². The van der Waals surface area contributed by atoms with Gasteiger partial charge in [0.05, 0.1) is 5.69 Å². The lowest BCUT2D eigenvalue weighted by Crippen LogP contribution is -2.61. The van der Waals surface area contributed by atoms with Gasteiger partial charge in [-0.15, -0.1) is 0 Å². The second-order valence-corrected chi connectivity index (χ2v) is 6.16. The molecule has 0 fully saturated rings. The number of aliphatic carboxylic acids is 1. The van der Waals surface area contributed by atoms with E-state index in [9.17, 15) is 19.8 Å². The Morgan fingerprint density at radius 2 is 1.91 bits per heavy atom. The van der Waals surface area contributed by atoms with E-state index >= 15 is 0 Å². The molecule has 0 saturated heterocycles. The molecular formula is C17H23NO5. The van der Waals surface area contributed by atoms with Gasteiger partial charge >= 0.3 is 5.97 Å². The highest BCUT2D eigenvalue weighted by Crippen LogP contribution is 2.43. The number of phenols is 1. The first-order valence-corrected chi connectivity index (χ1v) is 7.86. The van der Waals surface area contributed by atoms with Gasteiger partial charge < -0.3 is 14.9 Å². The smallest absolute Gasteiger partial charge is 0.327 e. The number of hydrogen-bond acceptors (Lipinski definition) is 4. The Morgan fingerprint density at radius 1 is 1.30 bits per heavy atom. The molecule has 126 valence electrons. The number of anilines is 1. The molecule has 6 nitrogen and oxygen atoms in total. The van der Waals surface area contributed by atoms with Gasteiger partial charge in [-0.1, -0.05) is 27.7 Å². The molecular weight excluding hydrogens is 298 g/mol. The van der Waals surface area contributed by atoms with Crippen LogP contribution in [-0.4, -0.2) is 33.7 Å². The van der Waals surface area contributed by atoms with Crippen molar-refractivity contribution in [2.45, 2.75) is 52.2 Å². The number of rotatable bonds is 5. The normalized spacial score (nSPS) is 17.6. The monoisotopic (exact) mass is 321 g/mol. The van der Waals surface area contributed by atoms with Gasteiger partial charge in [0.15, 0.2) is 5.60 Å². The fourth-order valence-electron chi connectivity index (χ4n) is 3.03. The summed E-state index contributed by atoms with van der Waals surface area (Å²) >= 11 is 0. The molecule has 1 unspecified atom stereocenters. The van der Waals surface area contributed by atoms with Crippen LogP contribution in [0, 0.1) is 5.92 Å². The Bertz CT molecular complexity index is 621. The molecule has 1 atom stereocenters. The van der Waals surface area contributed by atoms with Crippen molar-refractivity contribution in [3.63, 3.8) is 0 Å². The zero-order chi connectivity index (χ0) is 17.4. The van der Waals surface area contributed by atoms with Crippen molar-refractivity contribution in [2.24, 2.45) is 5.92 Å². The number of phenolic OH excluding ortho intramolecular Hbond substituents is 1. The molecule has 1 aliphatic heterocycles. The maximum Gasteiger partial charge on any atom is 0.327 e. The molecule has 1 aromatic rings. The Morgan fingerprint density at radius 3 is 2.39 bits per heavy atom. The number of hydrogen-bond donors (Lipinski definition) is 2. The molecule has 2 rings (SSSR count). The number of carboxylic acid groups (broad SMARTS) is 1. The van der Waals surface area contributed by atoms with Gasteiger partial charge in [-0.05, 0) is 30.9 Å². The minimum atomic E-state index is -1.08. The summed E-state index contributed by atoms with van der Waals surface area (Å²) in [7, 11) is 0. The number of carbonyl (C=O) groups excluding carboxylic acids is 1. The van der Waals surface area contributed by atoms with E-state index < -0.39 is 17.6 Å². The van der Waals surface area contributed by atoms with E-state index in [0.717, 1.165) is 0 Å². The Kier molecular flexibility index (Phi) is 4.54. The van der Waals surface area contributed by atoms with Crippen LogP contribution >= 0.6 is 0 Å². The largest absolute Gasteiger partial charge is 0.508 e. The summed E-state index contributed by atoms with van der Waals surface area (Å²) in [5.41, 5.74) is -0.777. The van der Waals surface area contributed by atoms with E-state index in [2.05, 4.69) is 0 Å². The second kappa shape index (κ2) is 6.10. The van der Waals surface area contributed by atoms with Crippen molar-refractivity contribution >= 4 is 17.6 Å². The molecule has 0 spiro atoms. The third-order valence-corrected chi connectivity index (χ3v) is 4.42. The molecule has 6 heteroatoms.